The van der Waals surface area contributed by atoms with Crippen molar-refractivity contribution in [3.8, 4) is 28.4 Å². The molecule has 0 amide bonds. The van der Waals surface area contributed by atoms with Gasteiger partial charge in [0.25, 0.3) is 0 Å². The SMILES string of the molecule is CC(C)c1cc(C(C)C)c(-c2ccnc(-n3c4[c-]c(Oc5[c-]c(N6[CH-]N(Cc7cccc(C(C)(C)C)c7)c7ccccc76)cc(C(C)(C)C)c5)ccc4c4cc(C(F)(F)F)ccc43)c2)c(C(C)C)c1.[Pt]. The minimum Gasteiger partial charge on any atom is -0.509 e. The summed E-state index contributed by atoms with van der Waals surface area (Å²) in [6.07, 6.45) is -2.73. The van der Waals surface area contributed by atoms with E-state index in [1.54, 1.807) is 18.3 Å². The molecule has 0 spiro atoms. The number of halogens is 3. The van der Waals surface area contributed by atoms with Crippen LogP contribution in [0.3, 0.4) is 0 Å². The fourth-order valence-electron chi connectivity index (χ4n) is 9.47. The third kappa shape index (κ3) is 9.91. The van der Waals surface area contributed by atoms with Gasteiger partial charge in [0.1, 0.15) is 5.82 Å². The van der Waals surface area contributed by atoms with Gasteiger partial charge in [-0.25, -0.2) is 4.98 Å². The van der Waals surface area contributed by atoms with Crippen molar-refractivity contribution >= 4 is 38.9 Å². The van der Waals surface area contributed by atoms with E-state index in [1.807, 2.05) is 22.8 Å². The van der Waals surface area contributed by atoms with Gasteiger partial charge in [0.05, 0.1) is 5.56 Å². The van der Waals surface area contributed by atoms with Crippen LogP contribution < -0.4 is 14.5 Å². The Hall–Kier alpha value is -5.85. The summed E-state index contributed by atoms with van der Waals surface area (Å²) in [7, 11) is 0. The second-order valence-corrected chi connectivity index (χ2v) is 21.6. The molecule has 0 atom stereocenters. The molecular formula is C61H62F3N4OPt-3. The Labute approximate surface area is 427 Å². The quantitative estimate of drug-likeness (QED) is 0.128. The van der Waals surface area contributed by atoms with E-state index in [0.29, 0.717) is 51.6 Å². The molecule has 3 heterocycles. The third-order valence-corrected chi connectivity index (χ3v) is 13.4. The zero-order chi connectivity index (χ0) is 49.3. The van der Waals surface area contributed by atoms with Crippen LogP contribution in [0.1, 0.15) is 140 Å². The molecule has 0 aliphatic carbocycles. The number of hydrogen-bond acceptors (Lipinski definition) is 4. The number of benzene rings is 6. The van der Waals surface area contributed by atoms with E-state index in [0.717, 1.165) is 34.3 Å². The topological polar surface area (TPSA) is 33.5 Å². The molecule has 0 bridgehead atoms. The summed E-state index contributed by atoms with van der Waals surface area (Å²) in [5.41, 5.74) is 12.6. The molecule has 0 radical (unpaired) electrons. The van der Waals surface area contributed by atoms with E-state index < -0.39 is 11.7 Å². The van der Waals surface area contributed by atoms with Crippen molar-refractivity contribution in [2.75, 3.05) is 9.80 Å². The molecule has 5 nitrogen and oxygen atoms in total. The Kier molecular flexibility index (Phi) is 13.8. The van der Waals surface area contributed by atoms with Gasteiger partial charge in [-0.05, 0) is 109 Å². The average Bonchev–Trinajstić information content (AvgIpc) is 3.82. The van der Waals surface area contributed by atoms with E-state index in [9.17, 15) is 13.2 Å². The molecule has 1 aliphatic rings. The van der Waals surface area contributed by atoms with E-state index in [4.69, 9.17) is 9.72 Å². The van der Waals surface area contributed by atoms with Crippen LogP contribution in [-0.2, 0) is 44.6 Å². The van der Waals surface area contributed by atoms with Gasteiger partial charge in [-0.2, -0.15) is 25.9 Å². The van der Waals surface area contributed by atoms with Crippen molar-refractivity contribution in [2.24, 2.45) is 0 Å². The fourth-order valence-corrected chi connectivity index (χ4v) is 9.47. The van der Waals surface area contributed by atoms with Crippen LogP contribution >= 0.6 is 0 Å². The van der Waals surface area contributed by atoms with Gasteiger partial charge in [0, 0.05) is 62.2 Å². The fraction of sp³-hybridized carbons (Fsp3) is 0.311. The molecule has 0 N–H and O–H groups in total. The molecule has 8 aromatic rings. The van der Waals surface area contributed by atoms with Gasteiger partial charge < -0.3 is 19.1 Å². The Balaban J connectivity index is 0.00000659. The predicted octanol–water partition coefficient (Wildman–Crippen LogP) is 17.5. The van der Waals surface area contributed by atoms with Crippen molar-refractivity contribution < 1.29 is 39.0 Å². The summed E-state index contributed by atoms with van der Waals surface area (Å²) in [5, 5.41) is 1.05. The van der Waals surface area contributed by atoms with Crippen LogP contribution in [-0.4, -0.2) is 9.55 Å². The molecule has 0 fully saturated rings. The molecule has 9 rings (SSSR count). The molecule has 366 valence electrons. The van der Waals surface area contributed by atoms with E-state index in [-0.39, 0.29) is 43.7 Å². The Morgan fingerprint density at radius 2 is 1.31 bits per heavy atom. The first-order valence-corrected chi connectivity index (χ1v) is 24.1. The molecule has 0 saturated heterocycles. The van der Waals surface area contributed by atoms with Crippen molar-refractivity contribution in [3.63, 3.8) is 0 Å². The first-order chi connectivity index (χ1) is 32.5. The summed E-state index contributed by atoms with van der Waals surface area (Å²) >= 11 is 0. The van der Waals surface area contributed by atoms with Crippen LogP contribution in [0.2, 0.25) is 0 Å². The van der Waals surface area contributed by atoms with E-state index in [1.165, 1.54) is 39.4 Å². The number of para-hydroxylation sites is 2. The number of ether oxygens (including phenoxy) is 1. The first kappa shape index (κ1) is 50.5. The molecule has 2 aromatic heterocycles. The average molecular weight is 1120 g/mol. The second kappa shape index (κ2) is 19.1. The maximum atomic E-state index is 14.3. The summed E-state index contributed by atoms with van der Waals surface area (Å²) < 4.78 is 51.7. The van der Waals surface area contributed by atoms with Crippen molar-refractivity contribution in [1.29, 1.82) is 0 Å². The van der Waals surface area contributed by atoms with Crippen LogP contribution in [0.4, 0.5) is 30.2 Å². The first-order valence-electron chi connectivity index (χ1n) is 24.1. The number of anilines is 3. The standard InChI is InChI=1S/C61H62F3N4O.Pt/c1-37(2)42-27-50(38(3)4)58(51(28-42)39(5)6)41-24-25-65-57(29-41)68-53-23-20-44(61(62,63)64)32-52(53)49-22-21-47(34-56(49)68)69-48-31-45(60(10,11)12)30-46(33-48)67-36-66(54-18-13-14-19-55(54)67)35-40-16-15-17-43(26-40)59(7,8)9;/h13-32,36-39H,35H2,1-12H3;/q-3;. The number of nitrogens with zero attached hydrogens (tertiary/aromatic N) is 4. The van der Waals surface area contributed by atoms with Gasteiger partial charge in [0.15, 0.2) is 0 Å². The number of alkyl halides is 3. The van der Waals surface area contributed by atoms with Gasteiger partial charge in [-0.15, -0.1) is 47.0 Å². The third-order valence-electron chi connectivity index (χ3n) is 13.4. The summed E-state index contributed by atoms with van der Waals surface area (Å²) in [4.78, 5) is 9.35. The molecule has 9 heteroatoms. The van der Waals surface area contributed by atoms with E-state index >= 15 is 0 Å². The van der Waals surface area contributed by atoms with Crippen LogP contribution in [0.5, 0.6) is 11.5 Å². The van der Waals surface area contributed by atoms with Crippen molar-refractivity contribution in [1.82, 2.24) is 9.55 Å². The molecule has 0 unspecified atom stereocenters. The van der Waals surface area contributed by atoms with Gasteiger partial charge in [-0.3, -0.25) is 0 Å². The second-order valence-electron chi connectivity index (χ2n) is 21.6. The number of hydrogen-bond donors (Lipinski definition) is 0. The van der Waals surface area contributed by atoms with Crippen LogP contribution in [0.25, 0.3) is 38.8 Å². The number of aromatic nitrogens is 2. The smallest absolute Gasteiger partial charge is 0.416 e. The normalized spacial score (nSPS) is 13.3. The summed E-state index contributed by atoms with van der Waals surface area (Å²) in [5.74, 6) is 2.31. The van der Waals surface area contributed by atoms with Crippen molar-refractivity contribution in [2.45, 2.75) is 124 Å². The Bertz CT molecular complexity index is 3200. The monoisotopic (exact) mass is 1120 g/mol. The number of rotatable bonds is 10. The van der Waals surface area contributed by atoms with Crippen LogP contribution in [0, 0.1) is 18.8 Å². The maximum Gasteiger partial charge on any atom is 0.416 e. The molecule has 0 saturated carbocycles. The Morgan fingerprint density at radius 3 is 1.96 bits per heavy atom. The number of fused-ring (bicyclic) bond motifs is 4. The van der Waals surface area contributed by atoms with Gasteiger partial charge in [-0.1, -0.05) is 143 Å². The van der Waals surface area contributed by atoms with E-state index in [2.05, 4.69) is 184 Å². The predicted molar refractivity (Wildman–Crippen MR) is 278 cm³/mol. The maximum absolute atomic E-state index is 14.3. The molecule has 6 aromatic carbocycles. The largest absolute Gasteiger partial charge is 0.509 e. The zero-order valence-corrected chi connectivity index (χ0v) is 44.5. The summed E-state index contributed by atoms with van der Waals surface area (Å²) in [6.45, 7) is 29.4. The molecular weight excluding hydrogens is 1060 g/mol. The van der Waals surface area contributed by atoms with Crippen LogP contribution in [0.15, 0.2) is 121 Å². The van der Waals surface area contributed by atoms with Gasteiger partial charge in [0.2, 0.25) is 0 Å². The van der Waals surface area contributed by atoms with Crippen molar-refractivity contribution in [3.05, 3.63) is 179 Å². The molecule has 1 aliphatic heterocycles. The Morgan fingerprint density at radius 1 is 0.629 bits per heavy atom. The minimum atomic E-state index is -4.52. The minimum absolute atomic E-state index is 0. The number of pyridine rings is 1. The van der Waals surface area contributed by atoms with Gasteiger partial charge >= 0.3 is 6.18 Å². The molecule has 70 heavy (non-hydrogen) atoms. The zero-order valence-electron chi connectivity index (χ0n) is 42.2. The summed E-state index contributed by atoms with van der Waals surface area (Å²) in [6, 6.07) is 44.7.